The van der Waals surface area contributed by atoms with Crippen molar-refractivity contribution < 1.29 is 31.8 Å². The summed E-state index contributed by atoms with van der Waals surface area (Å²) in [6.45, 7) is -0.481. The van der Waals surface area contributed by atoms with E-state index >= 15 is 0 Å². The van der Waals surface area contributed by atoms with Crippen molar-refractivity contribution in [3.8, 4) is 22.9 Å². The summed E-state index contributed by atoms with van der Waals surface area (Å²) >= 11 is 0. The van der Waals surface area contributed by atoms with Crippen LogP contribution in [0.25, 0.3) is 22.3 Å². The number of hydrogen-bond donors (Lipinski definition) is 1. The van der Waals surface area contributed by atoms with Crippen molar-refractivity contribution in [2.24, 2.45) is 5.10 Å². The second kappa shape index (κ2) is 12.1. The van der Waals surface area contributed by atoms with Gasteiger partial charge in [0.2, 0.25) is 0 Å². The molecule has 0 fully saturated rings. The van der Waals surface area contributed by atoms with Crippen LogP contribution in [-0.2, 0) is 11.0 Å². The fraction of sp³-hybridized carbons (Fsp3) is 0.0968. The molecule has 5 rings (SSSR count). The molecule has 0 aliphatic rings. The van der Waals surface area contributed by atoms with Gasteiger partial charge in [0.15, 0.2) is 23.9 Å². The highest BCUT2D eigenvalue weighted by molar-refractivity contribution is 5.92. The zero-order valence-corrected chi connectivity index (χ0v) is 22.4. The van der Waals surface area contributed by atoms with E-state index < -0.39 is 35.6 Å². The average Bonchev–Trinajstić information content (AvgIpc) is 2.99. The molecule has 218 valence electrons. The lowest BCUT2D eigenvalue weighted by Gasteiger charge is -2.14. The van der Waals surface area contributed by atoms with Crippen LogP contribution in [0.15, 0.2) is 101 Å². The number of ether oxygens (including phenoxy) is 2. The fourth-order valence-corrected chi connectivity index (χ4v) is 4.22. The quantitative estimate of drug-likeness (QED) is 0.173. The van der Waals surface area contributed by atoms with Gasteiger partial charge in [-0.2, -0.15) is 22.9 Å². The standard InChI is InChI=1S/C31H22F4N4O4/c1-42-26-14-5-8-20(28(26)43-18-27(40)37-23-11-6-10-22(32)16-23)17-36-39-29(19-7-4-9-21(15-19)31(33,34)35)38-25-13-3-2-12-24(25)30(39)41/h2-17H,18H2,1H3,(H,37,40). The lowest BCUT2D eigenvalue weighted by Crippen LogP contribution is -2.21. The monoisotopic (exact) mass is 590 g/mol. The van der Waals surface area contributed by atoms with E-state index in [0.29, 0.717) is 0 Å². The number of carbonyl (C=O) groups excluding carboxylic acids is 1. The van der Waals surface area contributed by atoms with Crippen LogP contribution in [0, 0.1) is 5.82 Å². The number of halogens is 4. The Kier molecular flexibility index (Phi) is 8.19. The summed E-state index contributed by atoms with van der Waals surface area (Å²) in [5.74, 6) is -0.882. The minimum atomic E-state index is -4.62. The summed E-state index contributed by atoms with van der Waals surface area (Å²) in [6, 6.07) is 20.9. The number of fused-ring (bicyclic) bond motifs is 1. The van der Waals surface area contributed by atoms with Crippen LogP contribution >= 0.6 is 0 Å². The van der Waals surface area contributed by atoms with Crippen molar-refractivity contribution in [2.75, 3.05) is 19.0 Å². The fourth-order valence-electron chi connectivity index (χ4n) is 4.22. The van der Waals surface area contributed by atoms with Crippen molar-refractivity contribution in [1.29, 1.82) is 0 Å². The van der Waals surface area contributed by atoms with E-state index in [9.17, 15) is 27.2 Å². The van der Waals surface area contributed by atoms with Gasteiger partial charge in [0, 0.05) is 16.8 Å². The molecule has 0 unspecified atom stereocenters. The van der Waals surface area contributed by atoms with Crippen molar-refractivity contribution >= 4 is 28.7 Å². The number of nitrogens with one attached hydrogen (secondary N) is 1. The van der Waals surface area contributed by atoms with Crippen molar-refractivity contribution in [3.63, 3.8) is 0 Å². The number of methoxy groups -OCH3 is 1. The molecule has 0 spiro atoms. The average molecular weight is 591 g/mol. The van der Waals surface area contributed by atoms with Gasteiger partial charge < -0.3 is 14.8 Å². The first-order valence-electron chi connectivity index (χ1n) is 12.7. The summed E-state index contributed by atoms with van der Waals surface area (Å²) in [5.41, 5.74) is -0.710. The van der Waals surface area contributed by atoms with Crippen LogP contribution in [0.5, 0.6) is 11.5 Å². The van der Waals surface area contributed by atoms with E-state index in [1.807, 2.05) is 0 Å². The van der Waals surface area contributed by atoms with Crippen molar-refractivity contribution in [1.82, 2.24) is 9.66 Å². The van der Waals surface area contributed by atoms with Gasteiger partial charge in [-0.05, 0) is 54.6 Å². The minimum Gasteiger partial charge on any atom is -0.493 e. The van der Waals surface area contributed by atoms with Crippen molar-refractivity contribution in [3.05, 3.63) is 118 Å². The first-order valence-corrected chi connectivity index (χ1v) is 12.7. The number of hydrogen-bond acceptors (Lipinski definition) is 6. The third-order valence-electron chi connectivity index (χ3n) is 6.20. The number of nitrogens with zero attached hydrogens (tertiary/aromatic N) is 3. The van der Waals surface area contributed by atoms with Gasteiger partial charge in [0.05, 0.1) is 29.8 Å². The molecular formula is C31H22F4N4O4. The molecule has 0 aliphatic heterocycles. The van der Waals surface area contributed by atoms with Gasteiger partial charge >= 0.3 is 6.18 Å². The second-order valence-corrected chi connectivity index (χ2v) is 9.12. The summed E-state index contributed by atoms with van der Waals surface area (Å²) in [6.07, 6.45) is -3.37. The largest absolute Gasteiger partial charge is 0.493 e. The predicted molar refractivity (Wildman–Crippen MR) is 153 cm³/mol. The smallest absolute Gasteiger partial charge is 0.416 e. The number of anilines is 1. The van der Waals surface area contributed by atoms with Gasteiger partial charge in [0.1, 0.15) is 5.82 Å². The maximum atomic E-state index is 13.5. The van der Waals surface area contributed by atoms with Gasteiger partial charge in [-0.25, -0.2) is 9.37 Å². The molecular weight excluding hydrogens is 568 g/mol. The van der Waals surface area contributed by atoms with E-state index in [4.69, 9.17) is 9.47 Å². The Morgan fingerprint density at radius 2 is 1.77 bits per heavy atom. The maximum absolute atomic E-state index is 13.5. The van der Waals surface area contributed by atoms with E-state index in [0.717, 1.165) is 22.9 Å². The molecule has 1 heterocycles. The Morgan fingerprint density at radius 1 is 1.00 bits per heavy atom. The van der Waals surface area contributed by atoms with Crippen LogP contribution in [0.4, 0.5) is 23.2 Å². The number of carbonyl (C=O) groups is 1. The molecule has 1 N–H and O–H groups in total. The Labute approximate surface area is 241 Å². The molecule has 43 heavy (non-hydrogen) atoms. The van der Waals surface area contributed by atoms with Crippen LogP contribution in [0.1, 0.15) is 11.1 Å². The summed E-state index contributed by atoms with van der Waals surface area (Å²) in [4.78, 5) is 30.4. The molecule has 0 saturated heterocycles. The first kappa shape index (κ1) is 29.0. The lowest BCUT2D eigenvalue weighted by molar-refractivity contribution is -0.137. The molecule has 0 saturated carbocycles. The third kappa shape index (κ3) is 6.53. The normalized spacial score (nSPS) is 11.6. The Morgan fingerprint density at radius 3 is 2.53 bits per heavy atom. The van der Waals surface area contributed by atoms with E-state index in [1.165, 1.54) is 49.7 Å². The maximum Gasteiger partial charge on any atom is 0.416 e. The highest BCUT2D eigenvalue weighted by Gasteiger charge is 2.31. The first-order chi connectivity index (χ1) is 20.6. The van der Waals surface area contributed by atoms with Crippen LogP contribution in [0.3, 0.4) is 0 Å². The molecule has 5 aromatic rings. The van der Waals surface area contributed by atoms with Crippen molar-refractivity contribution in [2.45, 2.75) is 6.18 Å². The zero-order chi connectivity index (χ0) is 30.6. The van der Waals surface area contributed by atoms with E-state index in [1.54, 1.807) is 36.4 Å². The number of benzene rings is 4. The molecule has 12 heteroatoms. The zero-order valence-electron chi connectivity index (χ0n) is 22.4. The molecule has 1 aromatic heterocycles. The van der Waals surface area contributed by atoms with Gasteiger partial charge in [-0.1, -0.05) is 36.4 Å². The summed E-state index contributed by atoms with van der Waals surface area (Å²) in [7, 11) is 1.39. The highest BCUT2D eigenvalue weighted by atomic mass is 19.4. The van der Waals surface area contributed by atoms with Gasteiger partial charge in [-0.3, -0.25) is 9.59 Å². The second-order valence-electron chi connectivity index (χ2n) is 9.12. The van der Waals surface area contributed by atoms with Crippen LogP contribution in [0.2, 0.25) is 0 Å². The molecule has 1 amide bonds. The molecule has 0 aliphatic carbocycles. The SMILES string of the molecule is COc1cccc(C=Nn2c(-c3cccc(C(F)(F)F)c3)nc3ccccc3c2=O)c1OCC(=O)Nc1cccc(F)c1. The minimum absolute atomic E-state index is 0.0194. The molecule has 0 bridgehead atoms. The Balaban J connectivity index is 1.53. The Hall–Kier alpha value is -5.52. The van der Waals surface area contributed by atoms with Crippen LogP contribution < -0.4 is 20.3 Å². The number of aromatic nitrogens is 2. The predicted octanol–water partition coefficient (Wildman–Crippen LogP) is 6.13. The number of rotatable bonds is 8. The molecule has 4 aromatic carbocycles. The number of amides is 1. The summed E-state index contributed by atoms with van der Waals surface area (Å²) < 4.78 is 65.9. The molecule has 8 nitrogen and oxygen atoms in total. The molecule has 0 atom stereocenters. The van der Waals surface area contributed by atoms with Gasteiger partial charge in [0.25, 0.3) is 11.5 Å². The third-order valence-corrected chi connectivity index (χ3v) is 6.20. The molecule has 0 radical (unpaired) electrons. The lowest BCUT2D eigenvalue weighted by atomic mass is 10.1. The number of para-hydroxylation sites is 2. The van der Waals surface area contributed by atoms with Gasteiger partial charge in [-0.15, -0.1) is 0 Å². The van der Waals surface area contributed by atoms with E-state index in [-0.39, 0.29) is 45.0 Å². The number of alkyl halides is 3. The topological polar surface area (TPSA) is 94.8 Å². The summed E-state index contributed by atoms with van der Waals surface area (Å²) in [5, 5.41) is 7.01. The van der Waals surface area contributed by atoms with E-state index in [2.05, 4.69) is 15.4 Å². The van der Waals surface area contributed by atoms with Crippen LogP contribution in [-0.4, -0.2) is 35.5 Å². The Bertz CT molecular complexity index is 1900. The highest BCUT2D eigenvalue weighted by Crippen LogP contribution is 2.33.